The summed E-state index contributed by atoms with van der Waals surface area (Å²) >= 11 is 1.59. The summed E-state index contributed by atoms with van der Waals surface area (Å²) in [6.07, 6.45) is 13.6. The molecule has 188 valence electrons. The van der Waals surface area contributed by atoms with E-state index in [0.717, 1.165) is 39.2 Å². The van der Waals surface area contributed by atoms with E-state index < -0.39 is 0 Å². The SMILES string of the molecule is C#C.C=C(C)CC(=NC)C1CC1.C=N/C(=C(/Sc1ccc(C)cn1)N(C)C)c1ccccc1.CC. The first-order chi connectivity index (χ1) is 16.8. The fourth-order valence-corrected chi connectivity index (χ4v) is 3.88. The van der Waals surface area contributed by atoms with Crippen LogP contribution in [0, 0.1) is 25.7 Å². The number of terminal acetylenes is 1. The highest BCUT2D eigenvalue weighted by Gasteiger charge is 2.26. The highest BCUT2D eigenvalue weighted by molar-refractivity contribution is 8.03. The maximum Gasteiger partial charge on any atom is 0.103 e. The monoisotopic (exact) mass is 490 g/mol. The molecule has 3 rings (SSSR count). The van der Waals surface area contributed by atoms with Gasteiger partial charge in [0, 0.05) is 45.0 Å². The number of aryl methyl sites for hydroxylation is 1. The van der Waals surface area contributed by atoms with Gasteiger partial charge in [0.25, 0.3) is 0 Å². The number of hydrogen-bond donors (Lipinski definition) is 0. The van der Waals surface area contributed by atoms with E-state index in [0.29, 0.717) is 0 Å². The van der Waals surface area contributed by atoms with Crippen LogP contribution in [-0.2, 0) is 0 Å². The number of thioether (sulfide) groups is 1. The number of allylic oxidation sites excluding steroid dienone is 1. The summed E-state index contributed by atoms with van der Waals surface area (Å²) in [6, 6.07) is 14.2. The molecule has 1 aromatic carbocycles. The van der Waals surface area contributed by atoms with Gasteiger partial charge in [-0.25, -0.2) is 4.98 Å². The van der Waals surface area contributed by atoms with Gasteiger partial charge in [0.2, 0.25) is 0 Å². The standard InChI is InChI=1S/C17H19N3S.C9H15N.C2H6.C2H2/c1-13-10-11-15(19-12-13)21-17(20(3)4)16(18-2)14-8-6-5-7-9-14;1-7(2)6-9(10-3)8-4-5-8;2*1-2/h5-12H,2H2,1,3-4H3;8H,1,4-6H2,2-3H3;1-2H3;1-2H/b17-16+;;;. The molecule has 1 heterocycles. The van der Waals surface area contributed by atoms with E-state index in [4.69, 9.17) is 0 Å². The molecule has 0 atom stereocenters. The lowest BCUT2D eigenvalue weighted by atomic mass is 10.1. The van der Waals surface area contributed by atoms with E-state index in [1.54, 1.807) is 11.8 Å². The van der Waals surface area contributed by atoms with Crippen LogP contribution < -0.4 is 0 Å². The molecule has 1 aliphatic carbocycles. The molecule has 0 amide bonds. The van der Waals surface area contributed by atoms with E-state index in [2.05, 4.69) is 54.1 Å². The zero-order valence-corrected chi connectivity index (χ0v) is 23.4. The molecule has 2 aromatic rings. The Morgan fingerprint density at radius 2 is 1.71 bits per heavy atom. The topological polar surface area (TPSA) is 40.9 Å². The van der Waals surface area contributed by atoms with Crippen LogP contribution >= 0.6 is 11.8 Å². The number of aromatic nitrogens is 1. The van der Waals surface area contributed by atoms with Crippen LogP contribution in [0.1, 0.15) is 51.2 Å². The van der Waals surface area contributed by atoms with Crippen LogP contribution in [0.5, 0.6) is 0 Å². The van der Waals surface area contributed by atoms with Crippen molar-refractivity contribution in [1.82, 2.24) is 9.88 Å². The molecule has 5 heteroatoms. The van der Waals surface area contributed by atoms with E-state index in [-0.39, 0.29) is 0 Å². The third-order valence-corrected chi connectivity index (χ3v) is 5.92. The molecular formula is C30H42N4S. The van der Waals surface area contributed by atoms with Crippen molar-refractivity contribution in [2.24, 2.45) is 15.9 Å². The molecule has 0 aliphatic heterocycles. The molecule has 0 bridgehead atoms. The van der Waals surface area contributed by atoms with Crippen LogP contribution in [0.15, 0.2) is 80.9 Å². The Balaban J connectivity index is 0.000000691. The quantitative estimate of drug-likeness (QED) is 0.164. The number of pyridine rings is 1. The van der Waals surface area contributed by atoms with Crippen molar-refractivity contribution in [3.8, 4) is 12.8 Å². The lowest BCUT2D eigenvalue weighted by molar-refractivity contribution is 0.551. The largest absolute Gasteiger partial charge is 0.370 e. The molecule has 35 heavy (non-hydrogen) atoms. The van der Waals surface area contributed by atoms with Crippen molar-refractivity contribution in [2.45, 2.75) is 52.0 Å². The lowest BCUT2D eigenvalue weighted by Gasteiger charge is -2.19. The maximum atomic E-state index is 4.45. The molecule has 1 aromatic heterocycles. The van der Waals surface area contributed by atoms with Gasteiger partial charge in [-0.1, -0.05) is 74.2 Å². The molecule has 1 saturated carbocycles. The molecule has 0 N–H and O–H groups in total. The van der Waals surface area contributed by atoms with E-state index in [1.165, 1.54) is 24.1 Å². The molecule has 0 radical (unpaired) electrons. The lowest BCUT2D eigenvalue weighted by Crippen LogP contribution is -2.10. The molecule has 1 fully saturated rings. The second-order valence-electron chi connectivity index (χ2n) is 7.97. The minimum Gasteiger partial charge on any atom is -0.370 e. The van der Waals surface area contributed by atoms with Gasteiger partial charge < -0.3 is 4.90 Å². The first-order valence-electron chi connectivity index (χ1n) is 11.8. The fraction of sp³-hybridized carbons (Fsp3) is 0.367. The third-order valence-electron chi connectivity index (χ3n) is 4.72. The average Bonchev–Trinajstić information content (AvgIpc) is 3.72. The van der Waals surface area contributed by atoms with E-state index >= 15 is 0 Å². The Bertz CT molecular complexity index is 966. The smallest absolute Gasteiger partial charge is 0.103 e. The molecule has 4 nitrogen and oxygen atoms in total. The Morgan fingerprint density at radius 3 is 2.11 bits per heavy atom. The predicted octanol–water partition coefficient (Wildman–Crippen LogP) is 7.78. The van der Waals surface area contributed by atoms with Gasteiger partial charge in [-0.3, -0.25) is 9.98 Å². The summed E-state index contributed by atoms with van der Waals surface area (Å²) in [4.78, 5) is 15.0. The van der Waals surface area contributed by atoms with Crippen LogP contribution in [0.3, 0.4) is 0 Å². The Morgan fingerprint density at radius 1 is 1.11 bits per heavy atom. The Labute approximate surface area is 218 Å². The van der Waals surface area contributed by atoms with Crippen LogP contribution in [0.4, 0.5) is 0 Å². The van der Waals surface area contributed by atoms with Gasteiger partial charge in [0.1, 0.15) is 10.1 Å². The predicted molar refractivity (Wildman–Crippen MR) is 158 cm³/mol. The van der Waals surface area contributed by atoms with Gasteiger partial charge in [0.05, 0.1) is 5.70 Å². The number of benzene rings is 1. The summed E-state index contributed by atoms with van der Waals surface area (Å²) in [5.41, 5.74) is 5.66. The minimum absolute atomic E-state index is 0.807. The molecule has 1 aliphatic rings. The minimum atomic E-state index is 0.807. The number of nitrogens with zero attached hydrogens (tertiary/aromatic N) is 4. The molecular weight excluding hydrogens is 448 g/mol. The summed E-state index contributed by atoms with van der Waals surface area (Å²) in [5.74, 6) is 0.807. The van der Waals surface area contributed by atoms with Crippen LogP contribution in [0.25, 0.3) is 5.70 Å². The zero-order chi connectivity index (χ0) is 26.8. The number of hydrogen-bond acceptors (Lipinski definition) is 5. The van der Waals surface area contributed by atoms with Crippen LogP contribution in [0.2, 0.25) is 0 Å². The fourth-order valence-electron chi connectivity index (χ4n) is 2.98. The molecule has 0 spiro atoms. The average molecular weight is 491 g/mol. The highest BCUT2D eigenvalue weighted by Crippen LogP contribution is 2.34. The number of aliphatic imine (C=N–C) groups is 2. The first kappa shape index (κ1) is 31.9. The second-order valence-corrected chi connectivity index (χ2v) is 8.98. The summed E-state index contributed by atoms with van der Waals surface area (Å²) in [5, 5.41) is 1.97. The van der Waals surface area contributed by atoms with Gasteiger partial charge >= 0.3 is 0 Å². The maximum absolute atomic E-state index is 4.45. The summed E-state index contributed by atoms with van der Waals surface area (Å²) in [7, 11) is 5.89. The molecule has 0 unspecified atom stereocenters. The molecule has 0 saturated heterocycles. The number of rotatable bonds is 8. The van der Waals surface area contributed by atoms with Gasteiger partial charge in [-0.05, 0) is 51.0 Å². The second kappa shape index (κ2) is 18.3. The summed E-state index contributed by atoms with van der Waals surface area (Å²) in [6.45, 7) is 15.7. The van der Waals surface area contributed by atoms with Crippen LogP contribution in [-0.4, -0.2) is 43.5 Å². The van der Waals surface area contributed by atoms with Gasteiger partial charge in [-0.15, -0.1) is 12.8 Å². The van der Waals surface area contributed by atoms with Crippen molar-refractivity contribution < 1.29 is 0 Å². The van der Waals surface area contributed by atoms with Crippen molar-refractivity contribution in [1.29, 1.82) is 0 Å². The van der Waals surface area contributed by atoms with E-state index in [1.807, 2.05) is 89.4 Å². The van der Waals surface area contributed by atoms with Crippen molar-refractivity contribution >= 4 is 29.9 Å². The van der Waals surface area contributed by atoms with E-state index in [9.17, 15) is 0 Å². The highest BCUT2D eigenvalue weighted by atomic mass is 32.2. The third kappa shape index (κ3) is 12.2. The van der Waals surface area contributed by atoms with Gasteiger partial charge in [-0.2, -0.15) is 0 Å². The van der Waals surface area contributed by atoms with Crippen molar-refractivity contribution in [2.75, 3.05) is 21.1 Å². The summed E-state index contributed by atoms with van der Waals surface area (Å²) < 4.78 is 0. The Kier molecular flexibility index (Phi) is 16.6. The normalized spacial score (nSPS) is 12.8. The van der Waals surface area contributed by atoms with Gasteiger partial charge in [0.15, 0.2) is 0 Å². The first-order valence-corrected chi connectivity index (χ1v) is 12.6. The van der Waals surface area contributed by atoms with Crippen molar-refractivity contribution in [3.63, 3.8) is 0 Å². The van der Waals surface area contributed by atoms with Crippen molar-refractivity contribution in [3.05, 3.63) is 77.0 Å². The zero-order valence-electron chi connectivity index (χ0n) is 22.6. The Hall–Kier alpha value is -3.10.